The van der Waals surface area contributed by atoms with Gasteiger partial charge in [-0.1, -0.05) is 5.21 Å². The molecule has 0 saturated heterocycles. The van der Waals surface area contributed by atoms with Gasteiger partial charge in [0.1, 0.15) is 0 Å². The summed E-state index contributed by atoms with van der Waals surface area (Å²) in [6.45, 7) is 0. The fourth-order valence-electron chi connectivity index (χ4n) is 1.31. The van der Waals surface area contributed by atoms with E-state index in [1.165, 1.54) is 10.9 Å². The summed E-state index contributed by atoms with van der Waals surface area (Å²) in [6.07, 6.45) is 2.50. The van der Waals surface area contributed by atoms with Crippen LogP contribution in [-0.4, -0.2) is 37.3 Å². The molecule has 1 fully saturated rings. The van der Waals surface area contributed by atoms with Crippen LogP contribution in [0, 0.1) is 0 Å². The lowest BCUT2D eigenvalue weighted by Gasteiger charge is -2.31. The average Bonchev–Trinajstić information content (AvgIpc) is 2.50. The Balaban J connectivity index is 2.17. The van der Waals surface area contributed by atoms with Gasteiger partial charge in [-0.25, -0.2) is 9.48 Å². The van der Waals surface area contributed by atoms with Gasteiger partial charge in [-0.05, 0) is 12.8 Å². The van der Waals surface area contributed by atoms with Gasteiger partial charge in [0.05, 0.1) is 18.3 Å². The van der Waals surface area contributed by atoms with E-state index in [1.54, 1.807) is 0 Å². The summed E-state index contributed by atoms with van der Waals surface area (Å²) in [5.41, 5.74) is -0.0842. The fraction of sp³-hybridized carbons (Fsp3) is 0.571. The molecule has 2 unspecified atom stereocenters. The topological polar surface area (TPSA) is 88.2 Å². The van der Waals surface area contributed by atoms with Gasteiger partial charge < -0.3 is 10.2 Å². The molecule has 13 heavy (non-hydrogen) atoms. The molecular formula is C7H9N3O3. The fourth-order valence-corrected chi connectivity index (χ4v) is 1.31. The molecule has 0 aliphatic heterocycles. The van der Waals surface area contributed by atoms with Gasteiger partial charge in [-0.2, -0.15) is 0 Å². The summed E-state index contributed by atoms with van der Waals surface area (Å²) in [7, 11) is 0. The number of aromatic carboxylic acids is 1. The molecule has 0 amide bonds. The lowest BCUT2D eigenvalue weighted by atomic mass is 9.89. The number of carboxylic acids is 1. The van der Waals surface area contributed by atoms with Crippen molar-refractivity contribution in [2.24, 2.45) is 0 Å². The average molecular weight is 183 g/mol. The Morgan fingerprint density at radius 3 is 2.77 bits per heavy atom. The molecule has 1 aliphatic rings. The van der Waals surface area contributed by atoms with E-state index in [0.29, 0.717) is 0 Å². The number of nitrogens with zero attached hydrogens (tertiary/aromatic N) is 3. The Morgan fingerprint density at radius 2 is 2.38 bits per heavy atom. The van der Waals surface area contributed by atoms with E-state index in [2.05, 4.69) is 10.3 Å². The van der Waals surface area contributed by atoms with Gasteiger partial charge >= 0.3 is 5.97 Å². The Bertz CT molecular complexity index is 335. The molecule has 6 nitrogen and oxygen atoms in total. The predicted molar refractivity (Wildman–Crippen MR) is 41.3 cm³/mol. The second kappa shape index (κ2) is 2.81. The van der Waals surface area contributed by atoms with Crippen molar-refractivity contribution >= 4 is 5.97 Å². The minimum atomic E-state index is -1.10. The molecule has 1 saturated carbocycles. The first kappa shape index (κ1) is 8.18. The lowest BCUT2D eigenvalue weighted by molar-refractivity contribution is 0.0244. The largest absolute Gasteiger partial charge is 0.476 e. The highest BCUT2D eigenvalue weighted by Gasteiger charge is 2.31. The molecule has 2 atom stereocenters. The van der Waals surface area contributed by atoms with Crippen molar-refractivity contribution in [2.75, 3.05) is 0 Å². The Morgan fingerprint density at radius 1 is 1.62 bits per heavy atom. The minimum Gasteiger partial charge on any atom is -0.476 e. The van der Waals surface area contributed by atoms with Gasteiger partial charge in [0.2, 0.25) is 0 Å². The maximum atomic E-state index is 10.4. The molecule has 2 N–H and O–H groups in total. The van der Waals surface area contributed by atoms with Crippen LogP contribution in [0.5, 0.6) is 0 Å². The molecule has 0 spiro atoms. The van der Waals surface area contributed by atoms with Crippen LogP contribution < -0.4 is 0 Å². The second-order valence-electron chi connectivity index (χ2n) is 3.10. The number of aliphatic hydroxyl groups excluding tert-OH is 1. The molecular weight excluding hydrogens is 174 g/mol. The number of carbonyl (C=O) groups is 1. The predicted octanol–water partition coefficient (Wildman–Crippen LogP) is -0.328. The van der Waals surface area contributed by atoms with Crippen LogP contribution in [0.25, 0.3) is 0 Å². The van der Waals surface area contributed by atoms with Gasteiger partial charge in [0, 0.05) is 0 Å². The van der Waals surface area contributed by atoms with Crippen LogP contribution in [0.4, 0.5) is 0 Å². The van der Waals surface area contributed by atoms with Crippen LogP contribution >= 0.6 is 0 Å². The molecule has 1 aromatic heterocycles. The van der Waals surface area contributed by atoms with Crippen molar-refractivity contribution in [3.05, 3.63) is 11.9 Å². The standard InChI is InChI=1S/C7H9N3O3/c11-6-2-1-5(6)10-3-4(7(12)13)8-9-10/h3,5-6,11H,1-2H2,(H,12,13). The molecule has 6 heteroatoms. The van der Waals surface area contributed by atoms with Crippen molar-refractivity contribution < 1.29 is 15.0 Å². The van der Waals surface area contributed by atoms with Gasteiger partial charge in [-0.15, -0.1) is 5.10 Å². The summed E-state index contributed by atoms with van der Waals surface area (Å²) in [6, 6.07) is -0.0967. The van der Waals surface area contributed by atoms with E-state index < -0.39 is 12.1 Å². The van der Waals surface area contributed by atoms with Gasteiger partial charge in [0.15, 0.2) is 5.69 Å². The zero-order valence-electron chi connectivity index (χ0n) is 6.79. The van der Waals surface area contributed by atoms with Crippen molar-refractivity contribution in [1.82, 2.24) is 15.0 Å². The Hall–Kier alpha value is -1.43. The van der Waals surface area contributed by atoms with E-state index >= 15 is 0 Å². The summed E-state index contributed by atoms with van der Waals surface area (Å²) in [4.78, 5) is 10.4. The first-order chi connectivity index (χ1) is 6.18. The van der Waals surface area contributed by atoms with Crippen LogP contribution in [0.1, 0.15) is 29.4 Å². The highest BCUT2D eigenvalue weighted by atomic mass is 16.4. The van der Waals surface area contributed by atoms with Crippen molar-refractivity contribution in [1.29, 1.82) is 0 Å². The third kappa shape index (κ3) is 1.29. The van der Waals surface area contributed by atoms with E-state index in [4.69, 9.17) is 5.11 Å². The van der Waals surface area contributed by atoms with Crippen molar-refractivity contribution in [3.63, 3.8) is 0 Å². The minimum absolute atomic E-state index is 0.0842. The molecule has 0 aromatic carbocycles. The smallest absolute Gasteiger partial charge is 0.358 e. The third-order valence-corrected chi connectivity index (χ3v) is 2.27. The van der Waals surface area contributed by atoms with Crippen LogP contribution in [-0.2, 0) is 0 Å². The molecule has 0 bridgehead atoms. The molecule has 0 radical (unpaired) electrons. The zero-order chi connectivity index (χ0) is 9.42. The van der Waals surface area contributed by atoms with Crippen LogP contribution in [0.3, 0.4) is 0 Å². The molecule has 2 rings (SSSR count). The quantitative estimate of drug-likeness (QED) is 0.655. The van der Waals surface area contributed by atoms with E-state index in [-0.39, 0.29) is 11.7 Å². The number of rotatable bonds is 2. The van der Waals surface area contributed by atoms with E-state index in [1.807, 2.05) is 0 Å². The number of hydrogen-bond acceptors (Lipinski definition) is 4. The normalized spacial score (nSPS) is 26.8. The number of aliphatic hydroxyl groups is 1. The second-order valence-corrected chi connectivity index (χ2v) is 3.10. The van der Waals surface area contributed by atoms with E-state index in [9.17, 15) is 9.90 Å². The van der Waals surface area contributed by atoms with Gasteiger partial charge in [-0.3, -0.25) is 0 Å². The molecule has 70 valence electrons. The first-order valence-electron chi connectivity index (χ1n) is 4.01. The highest BCUT2D eigenvalue weighted by Crippen LogP contribution is 2.31. The summed E-state index contributed by atoms with van der Waals surface area (Å²) >= 11 is 0. The van der Waals surface area contributed by atoms with E-state index in [0.717, 1.165) is 12.8 Å². The van der Waals surface area contributed by atoms with Crippen LogP contribution in [0.2, 0.25) is 0 Å². The van der Waals surface area contributed by atoms with Crippen molar-refractivity contribution in [2.45, 2.75) is 25.0 Å². The van der Waals surface area contributed by atoms with Crippen LogP contribution in [0.15, 0.2) is 6.20 Å². The Kier molecular flexibility index (Phi) is 1.77. The Labute approximate surface area is 73.8 Å². The molecule has 1 aliphatic carbocycles. The van der Waals surface area contributed by atoms with Crippen molar-refractivity contribution in [3.8, 4) is 0 Å². The number of aromatic nitrogens is 3. The number of hydrogen-bond donors (Lipinski definition) is 2. The maximum absolute atomic E-state index is 10.4. The molecule has 1 aromatic rings. The first-order valence-corrected chi connectivity index (χ1v) is 4.01. The summed E-state index contributed by atoms with van der Waals surface area (Å²) < 4.78 is 1.41. The number of carboxylic acid groups (broad SMARTS) is 1. The SMILES string of the molecule is O=C(O)c1cn(C2CCC2O)nn1. The lowest BCUT2D eigenvalue weighted by Crippen LogP contribution is -2.34. The maximum Gasteiger partial charge on any atom is 0.358 e. The third-order valence-electron chi connectivity index (χ3n) is 2.27. The van der Waals surface area contributed by atoms with Gasteiger partial charge in [0.25, 0.3) is 0 Å². The summed E-state index contributed by atoms with van der Waals surface area (Å²) in [5.74, 6) is -1.10. The highest BCUT2D eigenvalue weighted by molar-refractivity contribution is 5.84. The summed E-state index contributed by atoms with van der Waals surface area (Å²) in [5, 5.41) is 24.9. The zero-order valence-corrected chi connectivity index (χ0v) is 6.79. The molecule has 1 heterocycles. The monoisotopic (exact) mass is 183 g/mol.